The fourth-order valence-corrected chi connectivity index (χ4v) is 1.58. The zero-order valence-corrected chi connectivity index (χ0v) is 10.3. The third kappa shape index (κ3) is 2.41. The number of nitrogen functional groups attached to an aromatic ring is 1. The van der Waals surface area contributed by atoms with Crippen molar-refractivity contribution in [3.63, 3.8) is 0 Å². The van der Waals surface area contributed by atoms with Crippen LogP contribution in [0.25, 0.3) is 0 Å². The molecule has 0 fully saturated rings. The SMILES string of the molecule is Cc1cc(Oc2ccnc(C#N)c2)c(C)cc1N. The summed E-state index contributed by atoms with van der Waals surface area (Å²) in [6.45, 7) is 3.85. The average molecular weight is 239 g/mol. The fourth-order valence-electron chi connectivity index (χ4n) is 1.58. The van der Waals surface area contributed by atoms with Gasteiger partial charge in [0.1, 0.15) is 23.3 Å². The summed E-state index contributed by atoms with van der Waals surface area (Å²) >= 11 is 0. The summed E-state index contributed by atoms with van der Waals surface area (Å²) in [6, 6.07) is 9.05. The molecule has 90 valence electrons. The molecule has 1 aromatic heterocycles. The zero-order chi connectivity index (χ0) is 13.1. The summed E-state index contributed by atoms with van der Waals surface area (Å²) in [5.41, 5.74) is 8.81. The van der Waals surface area contributed by atoms with E-state index in [1.165, 1.54) is 0 Å². The Kier molecular flexibility index (Phi) is 3.16. The van der Waals surface area contributed by atoms with Crippen LogP contribution in [0.15, 0.2) is 30.5 Å². The van der Waals surface area contributed by atoms with Gasteiger partial charge in [-0.15, -0.1) is 0 Å². The standard InChI is InChI=1S/C14H13N3O/c1-9-6-14(10(2)5-13(9)16)18-12-3-4-17-11(7-12)8-15/h3-7H,16H2,1-2H3. The van der Waals surface area contributed by atoms with E-state index in [4.69, 9.17) is 15.7 Å². The number of aromatic nitrogens is 1. The highest BCUT2D eigenvalue weighted by molar-refractivity contribution is 5.54. The maximum atomic E-state index is 8.78. The van der Waals surface area contributed by atoms with Gasteiger partial charge in [0.05, 0.1) is 0 Å². The molecule has 0 radical (unpaired) electrons. The van der Waals surface area contributed by atoms with Gasteiger partial charge < -0.3 is 10.5 Å². The van der Waals surface area contributed by atoms with Crippen LogP contribution in [0.5, 0.6) is 11.5 Å². The zero-order valence-electron chi connectivity index (χ0n) is 10.3. The van der Waals surface area contributed by atoms with Gasteiger partial charge in [-0.25, -0.2) is 4.98 Å². The van der Waals surface area contributed by atoms with Gasteiger partial charge in [-0.3, -0.25) is 0 Å². The molecular formula is C14H13N3O. The van der Waals surface area contributed by atoms with Crippen LogP contribution in [0.4, 0.5) is 5.69 Å². The highest BCUT2D eigenvalue weighted by atomic mass is 16.5. The van der Waals surface area contributed by atoms with E-state index < -0.39 is 0 Å². The van der Waals surface area contributed by atoms with Gasteiger partial charge in [-0.05, 0) is 43.2 Å². The summed E-state index contributed by atoms with van der Waals surface area (Å²) in [5.74, 6) is 1.32. The minimum atomic E-state index is 0.331. The van der Waals surface area contributed by atoms with Crippen molar-refractivity contribution >= 4 is 5.69 Å². The summed E-state index contributed by atoms with van der Waals surface area (Å²) in [7, 11) is 0. The van der Waals surface area contributed by atoms with Crippen LogP contribution in [-0.4, -0.2) is 4.98 Å². The Morgan fingerprint density at radius 2 is 2.00 bits per heavy atom. The van der Waals surface area contributed by atoms with Gasteiger partial charge in [0, 0.05) is 18.0 Å². The van der Waals surface area contributed by atoms with E-state index in [9.17, 15) is 0 Å². The number of aryl methyl sites for hydroxylation is 2. The first-order chi connectivity index (χ1) is 8.60. The molecule has 0 bridgehead atoms. The van der Waals surface area contributed by atoms with Crippen molar-refractivity contribution in [1.29, 1.82) is 5.26 Å². The van der Waals surface area contributed by atoms with Crippen LogP contribution in [0.3, 0.4) is 0 Å². The molecule has 0 saturated carbocycles. The second kappa shape index (κ2) is 4.76. The van der Waals surface area contributed by atoms with Gasteiger partial charge in [-0.2, -0.15) is 5.26 Å². The molecule has 4 heteroatoms. The number of hydrogen-bond donors (Lipinski definition) is 1. The van der Waals surface area contributed by atoms with Crippen molar-refractivity contribution in [2.75, 3.05) is 5.73 Å². The highest BCUT2D eigenvalue weighted by Gasteiger charge is 2.05. The summed E-state index contributed by atoms with van der Waals surface area (Å²) < 4.78 is 5.74. The van der Waals surface area contributed by atoms with Crippen molar-refractivity contribution < 1.29 is 4.74 Å². The third-order valence-corrected chi connectivity index (χ3v) is 2.64. The fraction of sp³-hybridized carbons (Fsp3) is 0.143. The van der Waals surface area contributed by atoms with Crippen LogP contribution in [0, 0.1) is 25.2 Å². The lowest BCUT2D eigenvalue weighted by Crippen LogP contribution is -1.94. The van der Waals surface area contributed by atoms with Crippen molar-refractivity contribution in [3.8, 4) is 17.6 Å². The van der Waals surface area contributed by atoms with Crippen LogP contribution in [0.1, 0.15) is 16.8 Å². The van der Waals surface area contributed by atoms with Gasteiger partial charge in [0.2, 0.25) is 0 Å². The molecule has 2 N–H and O–H groups in total. The van der Waals surface area contributed by atoms with Crippen LogP contribution in [0.2, 0.25) is 0 Å². The Hall–Kier alpha value is -2.54. The topological polar surface area (TPSA) is 71.9 Å². The Balaban J connectivity index is 2.34. The number of rotatable bonds is 2. The normalized spacial score (nSPS) is 9.83. The maximum Gasteiger partial charge on any atom is 0.144 e. The van der Waals surface area contributed by atoms with E-state index in [2.05, 4.69) is 4.98 Å². The monoisotopic (exact) mass is 239 g/mol. The first-order valence-electron chi connectivity index (χ1n) is 5.51. The second-order valence-electron chi connectivity index (χ2n) is 4.06. The molecule has 0 amide bonds. The molecule has 0 aliphatic heterocycles. The molecular weight excluding hydrogens is 226 g/mol. The average Bonchev–Trinajstić information content (AvgIpc) is 2.36. The maximum absolute atomic E-state index is 8.78. The minimum absolute atomic E-state index is 0.331. The molecule has 1 heterocycles. The highest BCUT2D eigenvalue weighted by Crippen LogP contribution is 2.28. The predicted octanol–water partition coefficient (Wildman–Crippen LogP) is 2.94. The molecule has 4 nitrogen and oxygen atoms in total. The Morgan fingerprint density at radius 1 is 1.22 bits per heavy atom. The molecule has 2 aromatic rings. The molecule has 0 unspecified atom stereocenters. The minimum Gasteiger partial charge on any atom is -0.457 e. The molecule has 0 spiro atoms. The van der Waals surface area contributed by atoms with E-state index >= 15 is 0 Å². The first-order valence-corrected chi connectivity index (χ1v) is 5.51. The molecule has 0 atom stereocenters. The smallest absolute Gasteiger partial charge is 0.144 e. The van der Waals surface area contributed by atoms with Crippen molar-refractivity contribution in [3.05, 3.63) is 47.3 Å². The lowest BCUT2D eigenvalue weighted by molar-refractivity contribution is 0.477. The lowest BCUT2D eigenvalue weighted by atomic mass is 10.1. The molecule has 18 heavy (non-hydrogen) atoms. The Labute approximate surface area is 106 Å². The largest absolute Gasteiger partial charge is 0.457 e. The van der Waals surface area contributed by atoms with Crippen molar-refractivity contribution in [1.82, 2.24) is 4.98 Å². The number of benzene rings is 1. The second-order valence-corrected chi connectivity index (χ2v) is 4.06. The quantitative estimate of drug-likeness (QED) is 0.818. The number of nitrogens with zero attached hydrogens (tertiary/aromatic N) is 2. The summed E-state index contributed by atoms with van der Waals surface area (Å²) in [4.78, 5) is 3.89. The van der Waals surface area contributed by atoms with Crippen LogP contribution < -0.4 is 10.5 Å². The number of nitrogens with two attached hydrogens (primary N) is 1. The summed E-state index contributed by atoms with van der Waals surface area (Å²) in [6.07, 6.45) is 1.55. The van der Waals surface area contributed by atoms with Gasteiger partial charge >= 0.3 is 0 Å². The van der Waals surface area contributed by atoms with E-state index in [1.54, 1.807) is 18.3 Å². The summed E-state index contributed by atoms with van der Waals surface area (Å²) in [5, 5.41) is 8.78. The number of anilines is 1. The van der Waals surface area contributed by atoms with Crippen LogP contribution >= 0.6 is 0 Å². The first kappa shape index (κ1) is 11.9. The van der Waals surface area contributed by atoms with Gasteiger partial charge in [-0.1, -0.05) is 0 Å². The third-order valence-electron chi connectivity index (χ3n) is 2.64. The van der Waals surface area contributed by atoms with Gasteiger partial charge in [0.15, 0.2) is 0 Å². The molecule has 0 aliphatic carbocycles. The molecule has 0 saturated heterocycles. The van der Waals surface area contributed by atoms with E-state index in [1.807, 2.05) is 32.0 Å². The molecule has 2 rings (SSSR count). The lowest BCUT2D eigenvalue weighted by Gasteiger charge is -2.11. The van der Waals surface area contributed by atoms with Crippen molar-refractivity contribution in [2.45, 2.75) is 13.8 Å². The van der Waals surface area contributed by atoms with E-state index in [0.29, 0.717) is 11.4 Å². The van der Waals surface area contributed by atoms with Gasteiger partial charge in [0.25, 0.3) is 0 Å². The predicted molar refractivity (Wildman–Crippen MR) is 69.4 cm³/mol. The number of ether oxygens (including phenoxy) is 1. The Morgan fingerprint density at radius 3 is 2.72 bits per heavy atom. The number of hydrogen-bond acceptors (Lipinski definition) is 4. The molecule has 0 aliphatic rings. The van der Waals surface area contributed by atoms with E-state index in [-0.39, 0.29) is 0 Å². The van der Waals surface area contributed by atoms with Crippen LogP contribution in [-0.2, 0) is 0 Å². The van der Waals surface area contributed by atoms with E-state index in [0.717, 1.165) is 22.6 Å². The molecule has 1 aromatic carbocycles. The number of pyridine rings is 1. The Bertz CT molecular complexity index is 629. The number of nitriles is 1. The van der Waals surface area contributed by atoms with Crippen molar-refractivity contribution in [2.24, 2.45) is 0 Å².